The van der Waals surface area contributed by atoms with Gasteiger partial charge in [0.15, 0.2) is 0 Å². The van der Waals surface area contributed by atoms with E-state index in [-0.39, 0.29) is 35.9 Å². The van der Waals surface area contributed by atoms with Crippen molar-refractivity contribution in [2.75, 3.05) is 13.1 Å². The summed E-state index contributed by atoms with van der Waals surface area (Å²) < 4.78 is 42.3. The van der Waals surface area contributed by atoms with Crippen molar-refractivity contribution in [3.8, 4) is 0 Å². The quantitative estimate of drug-likeness (QED) is 0.577. The number of nitrogens with zero attached hydrogens (tertiary/aromatic N) is 3. The summed E-state index contributed by atoms with van der Waals surface area (Å²) in [5.41, 5.74) is 1.99. The fraction of sp³-hybridized carbons (Fsp3) is 0.462. The molecule has 35 heavy (non-hydrogen) atoms. The van der Waals surface area contributed by atoms with Gasteiger partial charge >= 0.3 is 6.18 Å². The lowest BCUT2D eigenvalue weighted by atomic mass is 9.80. The first-order valence-electron chi connectivity index (χ1n) is 12.0. The molecule has 1 saturated carbocycles. The predicted octanol–water partition coefficient (Wildman–Crippen LogP) is 3.79. The van der Waals surface area contributed by atoms with E-state index in [1.165, 1.54) is 9.13 Å². The van der Waals surface area contributed by atoms with Gasteiger partial charge in [0, 0.05) is 55.5 Å². The minimum absolute atomic E-state index is 0.00182. The molecule has 9 heteroatoms. The van der Waals surface area contributed by atoms with Crippen LogP contribution in [-0.2, 0) is 24.9 Å². The molecule has 2 aromatic heterocycles. The average Bonchev–Trinajstić information content (AvgIpc) is 3.62. The molecule has 2 fully saturated rings. The third kappa shape index (κ3) is 5.00. The van der Waals surface area contributed by atoms with Crippen molar-refractivity contribution in [1.29, 1.82) is 0 Å². The van der Waals surface area contributed by atoms with Crippen LogP contribution < -0.4 is 10.9 Å². The third-order valence-corrected chi connectivity index (χ3v) is 7.19. The van der Waals surface area contributed by atoms with Crippen molar-refractivity contribution in [2.24, 2.45) is 13.0 Å². The van der Waals surface area contributed by atoms with Gasteiger partial charge in [0.25, 0.3) is 5.56 Å². The largest absolute Gasteiger partial charge is 0.406 e. The Labute approximate surface area is 201 Å². The number of carbonyl (C=O) groups excluding carboxylic acids is 1. The summed E-state index contributed by atoms with van der Waals surface area (Å²) in [4.78, 5) is 28.0. The Hall–Kier alpha value is -3.07. The Balaban J connectivity index is 1.45. The van der Waals surface area contributed by atoms with E-state index < -0.39 is 12.7 Å². The second kappa shape index (κ2) is 9.18. The lowest BCUT2D eigenvalue weighted by Gasteiger charge is -2.35. The van der Waals surface area contributed by atoms with Crippen molar-refractivity contribution in [1.82, 2.24) is 19.4 Å². The van der Waals surface area contributed by atoms with Gasteiger partial charge in [-0.1, -0.05) is 18.2 Å². The number of para-hydroxylation sites is 1. The van der Waals surface area contributed by atoms with E-state index >= 15 is 0 Å². The first-order valence-corrected chi connectivity index (χ1v) is 12.0. The molecule has 0 radical (unpaired) electrons. The van der Waals surface area contributed by atoms with Crippen LogP contribution in [0.1, 0.15) is 36.3 Å². The molecule has 2 unspecified atom stereocenters. The number of nitrogens with one attached hydrogen (secondary N) is 1. The number of rotatable bonds is 6. The first kappa shape index (κ1) is 23.7. The molecule has 3 heterocycles. The average molecular weight is 487 g/mol. The van der Waals surface area contributed by atoms with E-state index in [4.69, 9.17) is 0 Å². The molecular weight excluding hydrogens is 457 g/mol. The van der Waals surface area contributed by atoms with E-state index in [1.54, 1.807) is 37.6 Å². The summed E-state index contributed by atoms with van der Waals surface area (Å²) in [7, 11) is 1.70. The number of benzene rings is 1. The van der Waals surface area contributed by atoms with Gasteiger partial charge in [-0.3, -0.25) is 9.59 Å². The molecule has 3 aromatic rings. The summed E-state index contributed by atoms with van der Waals surface area (Å²) in [5.74, 6) is -0.413. The number of fused-ring (bicyclic) bond motifs is 1. The number of aryl methyl sites for hydroxylation is 1. The number of piperidine rings is 1. The number of hydrogen-bond acceptors (Lipinski definition) is 3. The molecule has 1 amide bonds. The maximum absolute atomic E-state index is 13.9. The zero-order chi connectivity index (χ0) is 24.7. The molecule has 1 N–H and O–H groups in total. The number of pyridine rings is 1. The van der Waals surface area contributed by atoms with Crippen LogP contribution in [0.4, 0.5) is 13.2 Å². The highest BCUT2D eigenvalue weighted by Crippen LogP contribution is 2.37. The number of carbonyl (C=O) groups is 1. The van der Waals surface area contributed by atoms with E-state index in [9.17, 15) is 22.8 Å². The zero-order valence-corrected chi connectivity index (χ0v) is 19.6. The summed E-state index contributed by atoms with van der Waals surface area (Å²) in [6, 6.07) is 10.7. The third-order valence-electron chi connectivity index (χ3n) is 7.19. The van der Waals surface area contributed by atoms with Crippen LogP contribution in [0.5, 0.6) is 0 Å². The lowest BCUT2D eigenvalue weighted by molar-refractivity contribution is -0.140. The Morgan fingerprint density at radius 3 is 2.66 bits per heavy atom. The van der Waals surface area contributed by atoms with Gasteiger partial charge in [-0.2, -0.15) is 13.2 Å². The van der Waals surface area contributed by atoms with Crippen LogP contribution in [0.25, 0.3) is 10.9 Å². The van der Waals surface area contributed by atoms with Crippen LogP contribution in [0, 0.1) is 5.92 Å². The Morgan fingerprint density at radius 1 is 1.17 bits per heavy atom. The van der Waals surface area contributed by atoms with E-state index in [0.717, 1.165) is 42.3 Å². The van der Waals surface area contributed by atoms with Gasteiger partial charge in [0.2, 0.25) is 5.91 Å². The fourth-order valence-electron chi connectivity index (χ4n) is 5.25. The molecular formula is C26H29F3N4O2. The monoisotopic (exact) mass is 486 g/mol. The van der Waals surface area contributed by atoms with Crippen LogP contribution in [0.15, 0.2) is 53.6 Å². The number of aromatic nitrogens is 2. The molecule has 2 aliphatic rings. The minimum atomic E-state index is -4.33. The SMILES string of the molecule is Cn1ccc(C2CCNCC2C(=O)N(Cc2cn(CC(F)(F)F)c3ccccc23)C2CC2)cc1=O. The molecule has 5 rings (SSSR count). The van der Waals surface area contributed by atoms with Gasteiger partial charge in [0.1, 0.15) is 6.54 Å². The molecule has 1 aliphatic heterocycles. The van der Waals surface area contributed by atoms with Crippen LogP contribution in [0.2, 0.25) is 0 Å². The van der Waals surface area contributed by atoms with E-state index in [2.05, 4.69) is 5.32 Å². The summed E-state index contributed by atoms with van der Waals surface area (Å²) >= 11 is 0. The number of alkyl halides is 3. The number of hydrogen-bond donors (Lipinski definition) is 1. The molecule has 186 valence electrons. The molecule has 0 bridgehead atoms. The molecule has 6 nitrogen and oxygen atoms in total. The van der Waals surface area contributed by atoms with Crippen molar-refractivity contribution >= 4 is 16.8 Å². The minimum Gasteiger partial charge on any atom is -0.338 e. The second-order valence-corrected chi connectivity index (χ2v) is 9.73. The van der Waals surface area contributed by atoms with Gasteiger partial charge in [-0.05, 0) is 55.0 Å². The molecule has 1 saturated heterocycles. The molecule has 0 spiro atoms. The van der Waals surface area contributed by atoms with Crippen molar-refractivity contribution < 1.29 is 18.0 Å². The first-order chi connectivity index (χ1) is 16.7. The highest BCUT2D eigenvalue weighted by Gasteiger charge is 2.40. The highest BCUT2D eigenvalue weighted by atomic mass is 19.4. The van der Waals surface area contributed by atoms with Gasteiger partial charge in [-0.15, -0.1) is 0 Å². The molecule has 2 atom stereocenters. The Morgan fingerprint density at radius 2 is 1.94 bits per heavy atom. The summed E-state index contributed by atoms with van der Waals surface area (Å²) in [5, 5.41) is 4.06. The van der Waals surface area contributed by atoms with Crippen LogP contribution in [-0.4, -0.2) is 45.2 Å². The number of halogens is 3. The standard InChI is InChI=1S/C26H29F3N4O2/c1-31-11-9-17(12-24(31)34)20-8-10-30-13-22(20)25(35)33(19-6-7-19)15-18-14-32(16-26(27,28)29)23-5-3-2-4-21(18)23/h2-5,9,11-12,14,19-20,22,30H,6-8,10,13,15-16H2,1H3. The topological polar surface area (TPSA) is 59.3 Å². The fourth-order valence-corrected chi connectivity index (χ4v) is 5.25. The predicted molar refractivity (Wildman–Crippen MR) is 127 cm³/mol. The maximum atomic E-state index is 13.9. The molecule has 1 aliphatic carbocycles. The number of amides is 1. The van der Waals surface area contributed by atoms with Gasteiger partial charge in [0.05, 0.1) is 5.92 Å². The normalized spacial score (nSPS) is 20.8. The second-order valence-electron chi connectivity index (χ2n) is 9.73. The summed E-state index contributed by atoms with van der Waals surface area (Å²) in [6.45, 7) is 0.479. The Bertz CT molecular complexity index is 1290. The van der Waals surface area contributed by atoms with Gasteiger partial charge in [-0.25, -0.2) is 0 Å². The van der Waals surface area contributed by atoms with E-state index in [0.29, 0.717) is 12.1 Å². The van der Waals surface area contributed by atoms with E-state index in [1.807, 2.05) is 23.1 Å². The maximum Gasteiger partial charge on any atom is 0.406 e. The van der Waals surface area contributed by atoms with Gasteiger partial charge < -0.3 is 19.4 Å². The summed E-state index contributed by atoms with van der Waals surface area (Å²) in [6.07, 6.45) is 1.47. The molecule has 1 aromatic carbocycles. The van der Waals surface area contributed by atoms with Crippen molar-refractivity contribution in [3.63, 3.8) is 0 Å². The Kier molecular flexibility index (Phi) is 6.21. The smallest absolute Gasteiger partial charge is 0.338 e. The van der Waals surface area contributed by atoms with Crippen molar-refractivity contribution in [3.05, 3.63) is 70.3 Å². The highest BCUT2D eigenvalue weighted by molar-refractivity contribution is 5.85. The van der Waals surface area contributed by atoms with Crippen molar-refractivity contribution in [2.45, 2.75) is 50.5 Å². The van der Waals surface area contributed by atoms with Crippen LogP contribution >= 0.6 is 0 Å². The lowest BCUT2D eigenvalue weighted by Crippen LogP contribution is -2.47. The zero-order valence-electron chi connectivity index (χ0n) is 19.6. The van der Waals surface area contributed by atoms with Crippen LogP contribution in [0.3, 0.4) is 0 Å².